The van der Waals surface area contributed by atoms with E-state index in [1.54, 1.807) is 23.2 Å². The number of carbonyl (C=O) groups is 1. The van der Waals surface area contributed by atoms with Crippen molar-refractivity contribution in [1.29, 1.82) is 0 Å². The van der Waals surface area contributed by atoms with Gasteiger partial charge >= 0.3 is 12.4 Å². The van der Waals surface area contributed by atoms with Gasteiger partial charge in [0.1, 0.15) is 18.1 Å². The lowest BCUT2D eigenvalue weighted by Crippen LogP contribution is -2.48. The molecule has 0 atom stereocenters. The van der Waals surface area contributed by atoms with E-state index in [0.29, 0.717) is 43.2 Å². The maximum Gasteiger partial charge on any atom is 0.573 e. The normalized spacial score (nSPS) is 14.5. The molecule has 150 valence electrons. The minimum atomic E-state index is -4.81. The maximum absolute atomic E-state index is 12.5. The van der Waals surface area contributed by atoms with Crippen molar-refractivity contribution >= 4 is 11.7 Å². The van der Waals surface area contributed by atoms with Crippen molar-refractivity contribution in [3.05, 3.63) is 48.3 Å². The van der Waals surface area contributed by atoms with Gasteiger partial charge in [-0.25, -0.2) is 4.79 Å². The molecular formula is C18H19F3N4O3. The van der Waals surface area contributed by atoms with E-state index >= 15 is 0 Å². The van der Waals surface area contributed by atoms with Gasteiger partial charge < -0.3 is 25.0 Å². The Hall–Kier alpha value is -3.01. The number of rotatable bonds is 5. The number of hydrogen-bond donors (Lipinski definition) is 2. The molecule has 1 aliphatic rings. The topological polar surface area (TPSA) is 75.7 Å². The molecule has 0 unspecified atom stereocenters. The summed E-state index contributed by atoms with van der Waals surface area (Å²) in [5, 5.41) is 5.88. The largest absolute Gasteiger partial charge is 0.573 e. The van der Waals surface area contributed by atoms with Crippen LogP contribution in [0.1, 0.15) is 5.56 Å². The smallest absolute Gasteiger partial charge is 0.487 e. The van der Waals surface area contributed by atoms with Gasteiger partial charge in [-0.3, -0.25) is 4.98 Å². The van der Waals surface area contributed by atoms with Crippen LogP contribution in [0, 0.1) is 0 Å². The molecule has 1 aromatic carbocycles. The number of pyridine rings is 1. The third-order valence-corrected chi connectivity index (χ3v) is 3.98. The second-order valence-corrected chi connectivity index (χ2v) is 6.01. The Bertz CT molecular complexity index is 796. The standard InChI is InChI=1S/C18H19F3N4O3/c19-18(20,21)28-14-3-4-16(24-17(26)25-8-6-22-7-9-25)13(10-14)12-27-15-2-1-5-23-11-15/h1-5,10-11,22H,6-9,12H2,(H,24,26). The van der Waals surface area contributed by atoms with Crippen LogP contribution in [-0.4, -0.2) is 48.5 Å². The molecule has 2 aromatic rings. The first-order valence-corrected chi connectivity index (χ1v) is 8.59. The zero-order valence-electron chi connectivity index (χ0n) is 14.8. The van der Waals surface area contributed by atoms with Crippen LogP contribution in [0.2, 0.25) is 0 Å². The molecule has 1 saturated heterocycles. The van der Waals surface area contributed by atoms with Gasteiger partial charge in [-0.05, 0) is 30.3 Å². The lowest BCUT2D eigenvalue weighted by atomic mass is 10.1. The molecule has 0 spiro atoms. The highest BCUT2D eigenvalue weighted by Gasteiger charge is 2.31. The van der Waals surface area contributed by atoms with Gasteiger partial charge in [0.25, 0.3) is 0 Å². The molecule has 0 aliphatic carbocycles. The number of halogens is 3. The zero-order chi connectivity index (χ0) is 20.0. The summed E-state index contributed by atoms with van der Waals surface area (Å²) in [5.41, 5.74) is 0.691. The molecule has 2 N–H and O–H groups in total. The number of anilines is 1. The van der Waals surface area contributed by atoms with E-state index in [2.05, 4.69) is 20.4 Å². The summed E-state index contributed by atoms with van der Waals surface area (Å²) in [6.07, 6.45) is -1.76. The van der Waals surface area contributed by atoms with E-state index in [1.807, 2.05) is 0 Å². The van der Waals surface area contributed by atoms with Gasteiger partial charge in [-0.1, -0.05) is 0 Å². The third kappa shape index (κ3) is 5.74. The van der Waals surface area contributed by atoms with Gasteiger partial charge in [-0.2, -0.15) is 0 Å². The molecule has 1 fully saturated rings. The summed E-state index contributed by atoms with van der Waals surface area (Å²) in [4.78, 5) is 18.0. The van der Waals surface area contributed by atoms with Crippen molar-refractivity contribution in [3.8, 4) is 11.5 Å². The van der Waals surface area contributed by atoms with Crippen LogP contribution in [0.4, 0.5) is 23.7 Å². The lowest BCUT2D eigenvalue weighted by Gasteiger charge is -2.28. The highest BCUT2D eigenvalue weighted by Crippen LogP contribution is 2.28. The highest BCUT2D eigenvalue weighted by molar-refractivity contribution is 5.90. The van der Waals surface area contributed by atoms with Crippen LogP contribution in [0.15, 0.2) is 42.7 Å². The van der Waals surface area contributed by atoms with Crippen LogP contribution in [0.5, 0.6) is 11.5 Å². The number of hydrogen-bond acceptors (Lipinski definition) is 5. The molecule has 10 heteroatoms. The summed E-state index contributed by atoms with van der Waals surface area (Å²) in [6.45, 7) is 2.38. The highest BCUT2D eigenvalue weighted by atomic mass is 19.4. The number of carbonyl (C=O) groups excluding carboxylic acids is 1. The van der Waals surface area contributed by atoms with Gasteiger partial charge in [0.15, 0.2) is 0 Å². The molecule has 2 amide bonds. The first-order valence-electron chi connectivity index (χ1n) is 8.59. The van der Waals surface area contributed by atoms with Gasteiger partial charge in [0.2, 0.25) is 0 Å². The number of aromatic nitrogens is 1. The molecule has 3 rings (SSSR count). The average Bonchev–Trinajstić information content (AvgIpc) is 2.68. The number of nitrogens with one attached hydrogen (secondary N) is 2. The molecular weight excluding hydrogens is 377 g/mol. The van der Waals surface area contributed by atoms with E-state index in [4.69, 9.17) is 4.74 Å². The number of benzene rings is 1. The Morgan fingerprint density at radius 2 is 2.00 bits per heavy atom. The Morgan fingerprint density at radius 1 is 1.21 bits per heavy atom. The maximum atomic E-state index is 12.5. The van der Waals surface area contributed by atoms with E-state index < -0.39 is 12.1 Å². The Labute approximate surface area is 159 Å². The number of nitrogens with zero attached hydrogens (tertiary/aromatic N) is 2. The van der Waals surface area contributed by atoms with E-state index in [1.165, 1.54) is 18.3 Å². The quantitative estimate of drug-likeness (QED) is 0.813. The number of alkyl halides is 3. The summed E-state index contributed by atoms with van der Waals surface area (Å²) in [5.74, 6) is 0.0569. The Balaban J connectivity index is 1.77. The fraction of sp³-hybridized carbons (Fsp3) is 0.333. The fourth-order valence-electron chi connectivity index (χ4n) is 2.66. The third-order valence-electron chi connectivity index (χ3n) is 3.98. The average molecular weight is 396 g/mol. The number of ether oxygens (including phenoxy) is 2. The summed E-state index contributed by atoms with van der Waals surface area (Å²) < 4.78 is 47.1. The van der Waals surface area contributed by atoms with Crippen LogP contribution < -0.4 is 20.1 Å². The van der Waals surface area contributed by atoms with Crippen molar-refractivity contribution in [3.63, 3.8) is 0 Å². The summed E-state index contributed by atoms with van der Waals surface area (Å²) in [7, 11) is 0. The summed E-state index contributed by atoms with van der Waals surface area (Å²) >= 11 is 0. The molecule has 0 bridgehead atoms. The van der Waals surface area contributed by atoms with Crippen molar-refractivity contribution in [2.75, 3.05) is 31.5 Å². The first-order chi connectivity index (χ1) is 13.4. The monoisotopic (exact) mass is 396 g/mol. The summed E-state index contributed by atoms with van der Waals surface area (Å²) in [6, 6.07) is 6.72. The molecule has 28 heavy (non-hydrogen) atoms. The van der Waals surface area contributed by atoms with E-state index in [0.717, 1.165) is 6.07 Å². The predicted octanol–water partition coefficient (Wildman–Crippen LogP) is 3.00. The van der Waals surface area contributed by atoms with Crippen molar-refractivity contribution < 1.29 is 27.4 Å². The van der Waals surface area contributed by atoms with Crippen molar-refractivity contribution in [2.24, 2.45) is 0 Å². The molecule has 0 saturated carbocycles. The van der Waals surface area contributed by atoms with E-state index in [-0.39, 0.29) is 12.6 Å². The van der Waals surface area contributed by atoms with Crippen LogP contribution in [-0.2, 0) is 6.61 Å². The van der Waals surface area contributed by atoms with Crippen molar-refractivity contribution in [1.82, 2.24) is 15.2 Å². The van der Waals surface area contributed by atoms with Gasteiger partial charge in [0.05, 0.1) is 6.20 Å². The Morgan fingerprint density at radius 3 is 2.68 bits per heavy atom. The minimum Gasteiger partial charge on any atom is -0.487 e. The molecule has 1 aliphatic heterocycles. The number of piperazine rings is 1. The molecule has 1 aromatic heterocycles. The van der Waals surface area contributed by atoms with Crippen LogP contribution in [0.3, 0.4) is 0 Å². The van der Waals surface area contributed by atoms with Crippen LogP contribution >= 0.6 is 0 Å². The SMILES string of the molecule is O=C(Nc1ccc(OC(F)(F)F)cc1COc1cccnc1)N1CCNCC1. The predicted molar refractivity (Wildman–Crippen MR) is 95.2 cm³/mol. The number of amides is 2. The molecule has 0 radical (unpaired) electrons. The van der Waals surface area contributed by atoms with Gasteiger partial charge in [0, 0.05) is 43.6 Å². The second-order valence-electron chi connectivity index (χ2n) is 6.01. The second kappa shape index (κ2) is 8.79. The van der Waals surface area contributed by atoms with Gasteiger partial charge in [-0.15, -0.1) is 13.2 Å². The lowest BCUT2D eigenvalue weighted by molar-refractivity contribution is -0.274. The van der Waals surface area contributed by atoms with Crippen LogP contribution in [0.25, 0.3) is 0 Å². The Kier molecular flexibility index (Phi) is 6.19. The van der Waals surface area contributed by atoms with E-state index in [9.17, 15) is 18.0 Å². The minimum absolute atomic E-state index is 0.0715. The fourth-order valence-corrected chi connectivity index (χ4v) is 2.66. The van der Waals surface area contributed by atoms with Crippen molar-refractivity contribution in [2.45, 2.75) is 13.0 Å². The molecule has 2 heterocycles. The zero-order valence-corrected chi connectivity index (χ0v) is 14.8. The molecule has 7 nitrogen and oxygen atoms in total. The first kappa shape index (κ1) is 19.7. The number of urea groups is 1.